The Labute approximate surface area is 208 Å². The number of anilines is 1. The number of rotatable bonds is 6. The van der Waals surface area contributed by atoms with Crippen LogP contribution in [0.5, 0.6) is 5.75 Å². The number of amides is 1. The summed E-state index contributed by atoms with van der Waals surface area (Å²) in [5, 5.41) is 11.5. The monoisotopic (exact) mass is 506 g/mol. The number of halogens is 1. The van der Waals surface area contributed by atoms with E-state index in [0.29, 0.717) is 27.3 Å². The Morgan fingerprint density at radius 3 is 2.61 bits per heavy atom. The van der Waals surface area contributed by atoms with E-state index in [1.807, 2.05) is 0 Å². The highest BCUT2D eigenvalue weighted by Gasteiger charge is 2.47. The van der Waals surface area contributed by atoms with Crippen LogP contribution in [0.4, 0.5) is 9.52 Å². The first-order valence-corrected chi connectivity index (χ1v) is 11.6. The molecule has 1 amide bonds. The Balaban J connectivity index is 1.68. The van der Waals surface area contributed by atoms with Crippen molar-refractivity contribution in [1.82, 2.24) is 4.98 Å². The number of hydrogen-bond acceptors (Lipinski definition) is 8. The number of aliphatic hydroxyl groups is 1. The molecule has 0 saturated heterocycles. The Bertz CT molecular complexity index is 1600. The van der Waals surface area contributed by atoms with Crippen molar-refractivity contribution in [1.29, 1.82) is 0 Å². The molecule has 0 fully saturated rings. The molecule has 36 heavy (non-hydrogen) atoms. The minimum absolute atomic E-state index is 0.0239. The molecule has 1 N–H and O–H groups in total. The number of aliphatic hydroxyl groups excluding tert-OH is 1. The summed E-state index contributed by atoms with van der Waals surface area (Å²) in [5.41, 5.74) is 0.310. The van der Waals surface area contributed by atoms with Crippen molar-refractivity contribution in [2.75, 3.05) is 12.0 Å². The normalized spacial score (nSPS) is 15.7. The molecule has 3 heterocycles. The summed E-state index contributed by atoms with van der Waals surface area (Å²) in [6, 6.07) is 10.9. The van der Waals surface area contributed by atoms with Gasteiger partial charge in [-0.15, -0.1) is 0 Å². The molecule has 2 aromatic heterocycles. The number of fused-ring (bicyclic) bond motifs is 1. The predicted molar refractivity (Wildman–Crippen MR) is 130 cm³/mol. The van der Waals surface area contributed by atoms with Crippen LogP contribution in [-0.4, -0.2) is 34.7 Å². The highest BCUT2D eigenvalue weighted by atomic mass is 32.1. The van der Waals surface area contributed by atoms with Crippen LogP contribution < -0.4 is 9.64 Å². The minimum atomic E-state index is -1.34. The number of aromatic nitrogens is 1. The summed E-state index contributed by atoms with van der Waals surface area (Å²) < 4.78 is 26.1. The van der Waals surface area contributed by atoms with Gasteiger partial charge < -0.3 is 14.3 Å². The average Bonchev–Trinajstić information content (AvgIpc) is 3.53. The van der Waals surface area contributed by atoms with Gasteiger partial charge in [-0.25, -0.2) is 9.37 Å². The van der Waals surface area contributed by atoms with Gasteiger partial charge in [0.25, 0.3) is 5.91 Å². The van der Waals surface area contributed by atoms with Crippen molar-refractivity contribution >= 4 is 44.9 Å². The summed E-state index contributed by atoms with van der Waals surface area (Å²) in [5.74, 6) is -3.29. The van der Waals surface area contributed by atoms with Crippen molar-refractivity contribution in [2.45, 2.75) is 19.9 Å². The van der Waals surface area contributed by atoms with E-state index in [0.717, 1.165) is 16.2 Å². The molecule has 182 valence electrons. The lowest BCUT2D eigenvalue weighted by molar-refractivity contribution is -0.117. The number of carbonyl (C=O) groups excluding carboxylic acids is 3. The van der Waals surface area contributed by atoms with E-state index in [1.165, 1.54) is 38.3 Å². The van der Waals surface area contributed by atoms with Crippen molar-refractivity contribution in [3.05, 3.63) is 87.6 Å². The molecule has 0 radical (unpaired) electrons. The van der Waals surface area contributed by atoms with Gasteiger partial charge in [0.15, 0.2) is 33.8 Å². The van der Waals surface area contributed by atoms with E-state index in [1.54, 1.807) is 31.2 Å². The third kappa shape index (κ3) is 3.57. The quantitative estimate of drug-likeness (QED) is 0.352. The van der Waals surface area contributed by atoms with Gasteiger partial charge in [-0.1, -0.05) is 41.7 Å². The smallest absolute Gasteiger partial charge is 0.296 e. The van der Waals surface area contributed by atoms with Gasteiger partial charge in [0.2, 0.25) is 5.78 Å². The Morgan fingerprint density at radius 2 is 1.94 bits per heavy atom. The molecule has 0 aliphatic carbocycles. The maximum Gasteiger partial charge on any atom is 0.296 e. The highest BCUT2D eigenvalue weighted by Crippen LogP contribution is 2.45. The standard InChI is InChI=1S/C26H19FN2O6S/c1-12-24(13(2)30)36-26(28-12)29-20(15-8-4-5-9-16(15)27)19(22(32)25(29)33)21(31)18-11-14-7-6-10-17(34-3)23(14)35-18/h4-11,20,32H,1-3H3. The third-order valence-electron chi connectivity index (χ3n) is 5.92. The van der Waals surface area contributed by atoms with Gasteiger partial charge >= 0.3 is 0 Å². The second-order valence-electron chi connectivity index (χ2n) is 8.15. The van der Waals surface area contributed by atoms with Crippen molar-refractivity contribution in [2.24, 2.45) is 0 Å². The second-order valence-corrected chi connectivity index (χ2v) is 9.12. The topological polar surface area (TPSA) is 110 Å². The molecular weight excluding hydrogens is 487 g/mol. The minimum Gasteiger partial charge on any atom is -0.503 e. The number of benzene rings is 2. The molecule has 2 aromatic carbocycles. The molecular formula is C26H19FN2O6S. The van der Waals surface area contributed by atoms with Crippen LogP contribution in [0.2, 0.25) is 0 Å². The van der Waals surface area contributed by atoms with Gasteiger partial charge in [-0.2, -0.15) is 0 Å². The van der Waals surface area contributed by atoms with Gasteiger partial charge in [0.1, 0.15) is 11.9 Å². The van der Waals surface area contributed by atoms with E-state index >= 15 is 4.39 Å². The van der Waals surface area contributed by atoms with Gasteiger partial charge in [0.05, 0.1) is 23.3 Å². The number of nitrogens with zero attached hydrogens (tertiary/aromatic N) is 2. The number of thiazole rings is 1. The maximum atomic E-state index is 15.0. The summed E-state index contributed by atoms with van der Waals surface area (Å²) in [6.07, 6.45) is 0. The fraction of sp³-hybridized carbons (Fsp3) is 0.154. The molecule has 0 saturated carbocycles. The fourth-order valence-corrected chi connectivity index (χ4v) is 5.27. The lowest BCUT2D eigenvalue weighted by Gasteiger charge is -2.24. The molecule has 1 unspecified atom stereocenters. The van der Waals surface area contributed by atoms with Crippen LogP contribution in [0.25, 0.3) is 11.0 Å². The zero-order valence-corrected chi connectivity index (χ0v) is 20.2. The number of Topliss-reactive ketones (excluding diaryl/α,β-unsaturated/α-hetero) is 2. The number of methoxy groups -OCH3 is 1. The number of ether oxygens (including phenoxy) is 1. The number of carbonyl (C=O) groups is 3. The van der Waals surface area contributed by atoms with Gasteiger partial charge in [0, 0.05) is 17.9 Å². The van der Waals surface area contributed by atoms with Gasteiger partial charge in [-0.05, 0) is 25.1 Å². The van der Waals surface area contributed by atoms with E-state index in [-0.39, 0.29) is 27.8 Å². The molecule has 1 aliphatic heterocycles. The van der Waals surface area contributed by atoms with Crippen LogP contribution in [0.15, 0.2) is 64.3 Å². The highest BCUT2D eigenvalue weighted by molar-refractivity contribution is 7.17. The average molecular weight is 507 g/mol. The van der Waals surface area contributed by atoms with Crippen LogP contribution in [0, 0.1) is 12.7 Å². The number of aryl methyl sites for hydroxylation is 1. The molecule has 8 nitrogen and oxygen atoms in total. The maximum absolute atomic E-state index is 15.0. The first kappa shape index (κ1) is 23.4. The van der Waals surface area contributed by atoms with Crippen LogP contribution in [0.1, 0.15) is 44.4 Å². The number of furan rings is 1. The van der Waals surface area contributed by atoms with Crippen LogP contribution in [0.3, 0.4) is 0 Å². The largest absolute Gasteiger partial charge is 0.503 e. The predicted octanol–water partition coefficient (Wildman–Crippen LogP) is 5.33. The van der Waals surface area contributed by atoms with Crippen LogP contribution >= 0.6 is 11.3 Å². The summed E-state index contributed by atoms with van der Waals surface area (Å²) >= 11 is 0.926. The molecule has 1 aliphatic rings. The third-order valence-corrected chi connectivity index (χ3v) is 7.17. The van der Waals surface area contributed by atoms with E-state index in [9.17, 15) is 19.5 Å². The molecule has 5 rings (SSSR count). The SMILES string of the molecule is COc1cccc2cc(C(=O)C3=C(O)C(=O)N(c4nc(C)c(C(C)=O)s4)C3c3ccccc3F)oc12. The summed E-state index contributed by atoms with van der Waals surface area (Å²) in [7, 11) is 1.46. The molecule has 1 atom stereocenters. The zero-order chi connectivity index (χ0) is 25.7. The number of ketones is 2. The Kier molecular flexibility index (Phi) is 5.68. The second kappa shape index (κ2) is 8.72. The summed E-state index contributed by atoms with van der Waals surface area (Å²) in [4.78, 5) is 44.7. The number of hydrogen-bond donors (Lipinski definition) is 1. The van der Waals surface area contributed by atoms with Crippen molar-refractivity contribution < 1.29 is 33.0 Å². The Hall–Kier alpha value is -4.31. The lowest BCUT2D eigenvalue weighted by atomic mass is 9.95. The molecule has 10 heteroatoms. The molecule has 0 bridgehead atoms. The van der Waals surface area contributed by atoms with Gasteiger partial charge in [-0.3, -0.25) is 19.3 Å². The molecule has 0 spiro atoms. The fourth-order valence-electron chi connectivity index (χ4n) is 4.28. The number of para-hydroxylation sites is 1. The van der Waals surface area contributed by atoms with Crippen molar-refractivity contribution in [3.63, 3.8) is 0 Å². The van der Waals surface area contributed by atoms with E-state index in [2.05, 4.69) is 4.98 Å². The van der Waals surface area contributed by atoms with E-state index < -0.39 is 29.3 Å². The van der Waals surface area contributed by atoms with Crippen LogP contribution in [-0.2, 0) is 4.79 Å². The first-order valence-electron chi connectivity index (χ1n) is 10.8. The van der Waals surface area contributed by atoms with Crippen molar-refractivity contribution in [3.8, 4) is 5.75 Å². The lowest BCUT2D eigenvalue weighted by Crippen LogP contribution is -2.31. The zero-order valence-electron chi connectivity index (χ0n) is 19.4. The molecule has 4 aromatic rings. The first-order chi connectivity index (χ1) is 17.2. The summed E-state index contributed by atoms with van der Waals surface area (Å²) in [6.45, 7) is 2.97. The Morgan fingerprint density at radius 1 is 1.19 bits per heavy atom. The van der Waals surface area contributed by atoms with E-state index in [4.69, 9.17) is 9.15 Å².